The van der Waals surface area contributed by atoms with Crippen LogP contribution in [0, 0.1) is 0 Å². The molecule has 2 amide bonds. The van der Waals surface area contributed by atoms with Gasteiger partial charge in [0.1, 0.15) is 17.6 Å². The number of carbonyl (C=O) groups excluding carboxylic acids is 2. The highest BCUT2D eigenvalue weighted by Gasteiger charge is 2.32. The van der Waals surface area contributed by atoms with Gasteiger partial charge in [-0.25, -0.2) is 4.68 Å². The van der Waals surface area contributed by atoms with Crippen molar-refractivity contribution in [1.29, 1.82) is 0 Å². The van der Waals surface area contributed by atoms with E-state index in [4.69, 9.17) is 27.9 Å². The van der Waals surface area contributed by atoms with Crippen molar-refractivity contribution in [2.24, 2.45) is 0 Å². The van der Waals surface area contributed by atoms with Crippen LogP contribution in [0.15, 0.2) is 48.5 Å². The zero-order chi connectivity index (χ0) is 20.5. The van der Waals surface area contributed by atoms with Gasteiger partial charge in [0.15, 0.2) is 0 Å². The summed E-state index contributed by atoms with van der Waals surface area (Å²) in [5.74, 6) is 0.331. The van der Waals surface area contributed by atoms with Gasteiger partial charge in [-0.15, -0.1) is 0 Å². The van der Waals surface area contributed by atoms with E-state index in [1.807, 2.05) is 12.1 Å². The van der Waals surface area contributed by atoms with Crippen molar-refractivity contribution in [3.63, 3.8) is 0 Å². The highest BCUT2D eigenvalue weighted by Crippen LogP contribution is 2.32. The molecule has 3 aromatic rings. The first-order valence-electron chi connectivity index (χ1n) is 8.74. The van der Waals surface area contributed by atoms with E-state index in [1.54, 1.807) is 36.4 Å². The van der Waals surface area contributed by atoms with E-state index in [1.165, 1.54) is 11.8 Å². The standard InChI is InChI=1S/C20H16Cl2N4O3/c1-29-13-6-7-14(22)16(8-13)23-20(28)17-10-19(27)24-18-9-15(25-26(17)18)11-2-4-12(21)5-3-11/h2-9,17H,10H2,1H3,(H,23,28)(H,24,27)/t17-/m0/s1. The number of aromatic nitrogens is 2. The maximum Gasteiger partial charge on any atom is 0.249 e. The monoisotopic (exact) mass is 430 g/mol. The lowest BCUT2D eigenvalue weighted by Gasteiger charge is -2.24. The number of anilines is 2. The Balaban J connectivity index is 1.65. The smallest absolute Gasteiger partial charge is 0.249 e. The molecule has 0 saturated heterocycles. The molecular formula is C20H16Cl2N4O3. The van der Waals surface area contributed by atoms with Crippen LogP contribution in [-0.2, 0) is 9.59 Å². The van der Waals surface area contributed by atoms with Gasteiger partial charge in [-0.2, -0.15) is 5.10 Å². The normalized spacial score (nSPS) is 15.4. The second kappa shape index (κ2) is 7.77. The maximum absolute atomic E-state index is 12.9. The Morgan fingerprint density at radius 3 is 2.69 bits per heavy atom. The highest BCUT2D eigenvalue weighted by molar-refractivity contribution is 6.33. The lowest BCUT2D eigenvalue weighted by atomic mass is 10.1. The molecule has 0 bridgehead atoms. The summed E-state index contributed by atoms with van der Waals surface area (Å²) in [5, 5.41) is 11.0. The molecule has 1 aliphatic rings. The van der Waals surface area contributed by atoms with E-state index in [9.17, 15) is 9.59 Å². The number of nitrogens with zero attached hydrogens (tertiary/aromatic N) is 2. The van der Waals surface area contributed by atoms with Crippen LogP contribution >= 0.6 is 23.2 Å². The van der Waals surface area contributed by atoms with Crippen molar-refractivity contribution in [1.82, 2.24) is 9.78 Å². The van der Waals surface area contributed by atoms with Crippen LogP contribution in [0.25, 0.3) is 11.3 Å². The number of methoxy groups -OCH3 is 1. The van der Waals surface area contributed by atoms with E-state index in [2.05, 4.69) is 15.7 Å². The minimum Gasteiger partial charge on any atom is -0.497 e. The Morgan fingerprint density at radius 2 is 1.97 bits per heavy atom. The van der Waals surface area contributed by atoms with Crippen LogP contribution in [0.2, 0.25) is 10.0 Å². The molecule has 2 heterocycles. The van der Waals surface area contributed by atoms with Gasteiger partial charge in [0.05, 0.1) is 29.9 Å². The van der Waals surface area contributed by atoms with E-state index in [0.29, 0.717) is 33.0 Å². The number of hydrogen-bond donors (Lipinski definition) is 2. The molecule has 148 valence electrons. The van der Waals surface area contributed by atoms with Crippen LogP contribution in [-0.4, -0.2) is 28.7 Å². The van der Waals surface area contributed by atoms with Crippen molar-refractivity contribution in [3.8, 4) is 17.0 Å². The number of fused-ring (bicyclic) bond motifs is 1. The molecule has 4 rings (SSSR count). The summed E-state index contributed by atoms with van der Waals surface area (Å²) in [4.78, 5) is 25.1. The first-order chi connectivity index (χ1) is 13.9. The molecule has 7 nitrogen and oxygen atoms in total. The lowest BCUT2D eigenvalue weighted by Crippen LogP contribution is -2.35. The predicted octanol–water partition coefficient (Wildman–Crippen LogP) is 4.39. The van der Waals surface area contributed by atoms with Gasteiger partial charge in [-0.05, 0) is 24.3 Å². The molecule has 29 heavy (non-hydrogen) atoms. The maximum atomic E-state index is 12.9. The number of benzene rings is 2. The summed E-state index contributed by atoms with van der Waals surface area (Å²) in [6.07, 6.45) is -0.0395. The third-order valence-electron chi connectivity index (χ3n) is 4.55. The topological polar surface area (TPSA) is 85.2 Å². The van der Waals surface area contributed by atoms with Crippen molar-refractivity contribution in [2.75, 3.05) is 17.7 Å². The van der Waals surface area contributed by atoms with Crippen molar-refractivity contribution >= 4 is 46.5 Å². The number of amides is 2. The Labute approximate surface area is 176 Å². The third kappa shape index (κ3) is 3.92. The Bertz CT molecular complexity index is 1100. The lowest BCUT2D eigenvalue weighted by molar-refractivity contribution is -0.125. The molecule has 9 heteroatoms. The van der Waals surface area contributed by atoms with Crippen LogP contribution in [0.3, 0.4) is 0 Å². The molecule has 0 saturated carbocycles. The molecule has 2 N–H and O–H groups in total. The zero-order valence-electron chi connectivity index (χ0n) is 15.3. The molecule has 0 fully saturated rings. The van der Waals surface area contributed by atoms with E-state index in [-0.39, 0.29) is 12.3 Å². The van der Waals surface area contributed by atoms with Gasteiger partial charge in [0.25, 0.3) is 0 Å². The summed E-state index contributed by atoms with van der Waals surface area (Å²) < 4.78 is 6.68. The molecular weight excluding hydrogens is 415 g/mol. The fourth-order valence-electron chi connectivity index (χ4n) is 3.09. The number of hydrogen-bond acceptors (Lipinski definition) is 4. The Morgan fingerprint density at radius 1 is 1.21 bits per heavy atom. The minimum absolute atomic E-state index is 0.0395. The number of nitrogens with one attached hydrogen (secondary N) is 2. The number of ether oxygens (including phenoxy) is 1. The summed E-state index contributed by atoms with van der Waals surface area (Å²) in [6, 6.07) is 13.0. The molecule has 0 unspecified atom stereocenters. The van der Waals surface area contributed by atoms with Crippen LogP contribution in [0.4, 0.5) is 11.5 Å². The Kier molecular flexibility index (Phi) is 5.17. The molecule has 2 aromatic carbocycles. The van der Waals surface area contributed by atoms with Crippen molar-refractivity contribution in [3.05, 3.63) is 58.6 Å². The first kappa shape index (κ1) is 19.3. The molecule has 1 atom stereocenters. The van der Waals surface area contributed by atoms with Gasteiger partial charge in [0.2, 0.25) is 11.8 Å². The number of carbonyl (C=O) groups is 2. The molecule has 0 spiro atoms. The summed E-state index contributed by atoms with van der Waals surface area (Å²) in [6.45, 7) is 0. The van der Waals surface area contributed by atoms with E-state index >= 15 is 0 Å². The largest absolute Gasteiger partial charge is 0.497 e. The highest BCUT2D eigenvalue weighted by atomic mass is 35.5. The van der Waals surface area contributed by atoms with Gasteiger partial charge in [0, 0.05) is 22.7 Å². The fraction of sp³-hybridized carbons (Fsp3) is 0.150. The second-order valence-corrected chi connectivity index (χ2v) is 7.31. The first-order valence-corrected chi connectivity index (χ1v) is 9.50. The summed E-state index contributed by atoms with van der Waals surface area (Å²) in [7, 11) is 1.52. The van der Waals surface area contributed by atoms with Crippen LogP contribution < -0.4 is 15.4 Å². The molecule has 0 radical (unpaired) electrons. The van der Waals surface area contributed by atoms with E-state index in [0.717, 1.165) is 5.56 Å². The summed E-state index contributed by atoms with van der Waals surface area (Å²) >= 11 is 12.1. The SMILES string of the molecule is COc1ccc(Cl)c(NC(=O)[C@@H]2CC(=O)Nc3cc(-c4ccc(Cl)cc4)nn32)c1. The van der Waals surface area contributed by atoms with E-state index < -0.39 is 11.9 Å². The van der Waals surface area contributed by atoms with Gasteiger partial charge >= 0.3 is 0 Å². The van der Waals surface area contributed by atoms with Crippen molar-refractivity contribution < 1.29 is 14.3 Å². The van der Waals surface area contributed by atoms with Crippen LogP contribution in [0.5, 0.6) is 5.75 Å². The van der Waals surface area contributed by atoms with Gasteiger partial charge in [-0.3, -0.25) is 9.59 Å². The fourth-order valence-corrected chi connectivity index (χ4v) is 3.38. The number of rotatable bonds is 4. The van der Waals surface area contributed by atoms with Crippen LogP contribution in [0.1, 0.15) is 12.5 Å². The Hall–Kier alpha value is -3.03. The minimum atomic E-state index is -0.818. The van der Waals surface area contributed by atoms with Crippen molar-refractivity contribution in [2.45, 2.75) is 12.5 Å². The number of halogens is 2. The second-order valence-electron chi connectivity index (χ2n) is 6.47. The molecule has 1 aliphatic heterocycles. The zero-order valence-corrected chi connectivity index (χ0v) is 16.8. The predicted molar refractivity (Wildman–Crippen MR) is 112 cm³/mol. The van der Waals surface area contributed by atoms with Gasteiger partial charge in [-0.1, -0.05) is 35.3 Å². The molecule has 0 aliphatic carbocycles. The van der Waals surface area contributed by atoms with Gasteiger partial charge < -0.3 is 15.4 Å². The molecule has 1 aromatic heterocycles. The average molecular weight is 431 g/mol. The summed E-state index contributed by atoms with van der Waals surface area (Å²) in [5.41, 5.74) is 1.84. The quantitative estimate of drug-likeness (QED) is 0.642. The third-order valence-corrected chi connectivity index (χ3v) is 5.13. The average Bonchev–Trinajstić information content (AvgIpc) is 3.13.